The Balaban J connectivity index is 1.17. The average molecular weight is 558 g/mol. The normalized spacial score (nSPS) is 12.0. The number of para-hydroxylation sites is 1. The smallest absolute Gasteiger partial charge is 0.228 e. The molecule has 2 heterocycles. The lowest BCUT2D eigenvalue weighted by atomic mass is 9.91. The first-order chi connectivity index (χ1) is 19.9. The van der Waals surface area contributed by atoms with E-state index in [1.165, 1.54) is 4.70 Å². The Hall–Kier alpha value is -4.55. The van der Waals surface area contributed by atoms with E-state index in [1.807, 2.05) is 92.7 Å². The Morgan fingerprint density at radius 2 is 1.56 bits per heavy atom. The minimum absolute atomic E-state index is 0.0636. The standard InChI is InChI=1S/C35H31N3O2S/c1-23-16-24(2)18-26(17-23)20-30(39)21-28(19-25-8-4-3-5-9-25)34(40)36-29-14-12-27(13-15-29)31-22-38-32-10-6-7-11-33(32)41-35(38)37-31/h3-18,22,28H,19-21H2,1-2H3,(H,36,40)/t28-/m0/s1. The summed E-state index contributed by atoms with van der Waals surface area (Å²) in [4.78, 5) is 32.4. The van der Waals surface area contributed by atoms with Gasteiger partial charge in [-0.05, 0) is 55.7 Å². The third kappa shape index (κ3) is 6.13. The highest BCUT2D eigenvalue weighted by Gasteiger charge is 2.23. The molecule has 4 aromatic carbocycles. The molecule has 0 unspecified atom stereocenters. The van der Waals surface area contributed by atoms with Crippen LogP contribution in [0.4, 0.5) is 5.69 Å². The van der Waals surface area contributed by atoms with E-state index in [0.717, 1.165) is 44.0 Å². The largest absolute Gasteiger partial charge is 0.326 e. The Kier molecular flexibility index (Phi) is 7.49. The van der Waals surface area contributed by atoms with Crippen molar-refractivity contribution in [2.45, 2.75) is 33.1 Å². The van der Waals surface area contributed by atoms with Crippen molar-refractivity contribution in [3.05, 3.63) is 126 Å². The zero-order chi connectivity index (χ0) is 28.3. The minimum atomic E-state index is -0.469. The van der Waals surface area contributed by atoms with Crippen molar-refractivity contribution in [2.24, 2.45) is 5.92 Å². The molecular formula is C35H31N3O2S. The number of hydrogen-bond donors (Lipinski definition) is 1. The van der Waals surface area contributed by atoms with Gasteiger partial charge < -0.3 is 5.32 Å². The number of ketones is 1. The number of imidazole rings is 1. The number of fused-ring (bicyclic) bond motifs is 3. The second-order valence-corrected chi connectivity index (χ2v) is 11.7. The monoisotopic (exact) mass is 557 g/mol. The van der Waals surface area contributed by atoms with E-state index in [9.17, 15) is 9.59 Å². The van der Waals surface area contributed by atoms with Crippen LogP contribution in [0.5, 0.6) is 0 Å². The number of amides is 1. The molecule has 0 saturated carbocycles. The number of anilines is 1. The zero-order valence-corrected chi connectivity index (χ0v) is 23.9. The predicted molar refractivity (Wildman–Crippen MR) is 168 cm³/mol. The van der Waals surface area contributed by atoms with Gasteiger partial charge in [-0.1, -0.05) is 95.3 Å². The second kappa shape index (κ2) is 11.5. The summed E-state index contributed by atoms with van der Waals surface area (Å²) in [5, 5.41) is 3.06. The number of carbonyl (C=O) groups excluding carboxylic acids is 2. The van der Waals surface area contributed by atoms with E-state index in [4.69, 9.17) is 4.98 Å². The Bertz CT molecular complexity index is 1830. The number of carbonyl (C=O) groups is 2. The van der Waals surface area contributed by atoms with Crippen LogP contribution in [0.2, 0.25) is 0 Å². The van der Waals surface area contributed by atoms with Crippen LogP contribution in [0.1, 0.15) is 28.7 Å². The van der Waals surface area contributed by atoms with Gasteiger partial charge in [0.1, 0.15) is 5.78 Å². The lowest BCUT2D eigenvalue weighted by Gasteiger charge is -2.17. The van der Waals surface area contributed by atoms with Crippen LogP contribution in [-0.4, -0.2) is 21.1 Å². The number of Topliss-reactive ketones (excluding diaryl/α,β-unsaturated/α-hetero) is 1. The molecule has 204 valence electrons. The highest BCUT2D eigenvalue weighted by Crippen LogP contribution is 2.30. The van der Waals surface area contributed by atoms with E-state index < -0.39 is 5.92 Å². The minimum Gasteiger partial charge on any atom is -0.326 e. The van der Waals surface area contributed by atoms with Gasteiger partial charge >= 0.3 is 0 Å². The van der Waals surface area contributed by atoms with Crippen LogP contribution in [0.25, 0.3) is 26.4 Å². The van der Waals surface area contributed by atoms with Gasteiger partial charge in [0.25, 0.3) is 0 Å². The van der Waals surface area contributed by atoms with Crippen molar-refractivity contribution >= 4 is 43.9 Å². The van der Waals surface area contributed by atoms with Crippen LogP contribution < -0.4 is 5.32 Å². The molecule has 6 heteroatoms. The molecule has 0 spiro atoms. The highest BCUT2D eigenvalue weighted by molar-refractivity contribution is 7.23. The highest BCUT2D eigenvalue weighted by atomic mass is 32.1. The molecule has 1 atom stereocenters. The zero-order valence-electron chi connectivity index (χ0n) is 23.1. The fourth-order valence-electron chi connectivity index (χ4n) is 5.46. The molecule has 1 N–H and O–H groups in total. The fraction of sp³-hybridized carbons (Fsp3) is 0.171. The fourth-order valence-corrected chi connectivity index (χ4v) is 6.47. The molecule has 0 aliphatic heterocycles. The van der Waals surface area contributed by atoms with Crippen LogP contribution in [0.3, 0.4) is 0 Å². The summed E-state index contributed by atoms with van der Waals surface area (Å²) in [5.74, 6) is -0.554. The number of thiazole rings is 1. The number of rotatable bonds is 9. The van der Waals surface area contributed by atoms with Gasteiger partial charge in [0, 0.05) is 36.2 Å². The van der Waals surface area contributed by atoms with Gasteiger partial charge in [-0.25, -0.2) is 4.98 Å². The number of hydrogen-bond acceptors (Lipinski definition) is 4. The maximum atomic E-state index is 13.5. The van der Waals surface area contributed by atoms with E-state index in [1.54, 1.807) is 11.3 Å². The molecule has 5 nitrogen and oxygen atoms in total. The van der Waals surface area contributed by atoms with Crippen LogP contribution in [-0.2, 0) is 22.4 Å². The van der Waals surface area contributed by atoms with E-state index in [2.05, 4.69) is 34.1 Å². The first-order valence-electron chi connectivity index (χ1n) is 13.8. The molecule has 0 aliphatic rings. The number of nitrogens with zero attached hydrogens (tertiary/aromatic N) is 2. The molecule has 0 radical (unpaired) electrons. The Morgan fingerprint density at radius 1 is 0.854 bits per heavy atom. The van der Waals surface area contributed by atoms with Crippen molar-refractivity contribution in [1.29, 1.82) is 0 Å². The molecular weight excluding hydrogens is 526 g/mol. The second-order valence-electron chi connectivity index (χ2n) is 10.7. The van der Waals surface area contributed by atoms with Gasteiger partial charge in [0.05, 0.1) is 15.9 Å². The topological polar surface area (TPSA) is 63.5 Å². The van der Waals surface area contributed by atoms with E-state index >= 15 is 0 Å². The summed E-state index contributed by atoms with van der Waals surface area (Å²) in [5.41, 5.74) is 8.02. The van der Waals surface area contributed by atoms with Crippen molar-refractivity contribution in [1.82, 2.24) is 9.38 Å². The van der Waals surface area contributed by atoms with Crippen LogP contribution in [0, 0.1) is 19.8 Å². The molecule has 0 aliphatic carbocycles. The molecule has 0 bridgehead atoms. The first-order valence-corrected chi connectivity index (χ1v) is 14.6. The van der Waals surface area contributed by atoms with Crippen LogP contribution >= 0.6 is 11.3 Å². The van der Waals surface area contributed by atoms with Gasteiger partial charge in [-0.3, -0.25) is 14.0 Å². The summed E-state index contributed by atoms with van der Waals surface area (Å²) in [6.45, 7) is 4.07. The summed E-state index contributed by atoms with van der Waals surface area (Å²) in [7, 11) is 0. The Morgan fingerprint density at radius 3 is 2.32 bits per heavy atom. The lowest BCUT2D eigenvalue weighted by Crippen LogP contribution is -2.27. The molecule has 0 saturated heterocycles. The summed E-state index contributed by atoms with van der Waals surface area (Å²) >= 11 is 1.67. The maximum absolute atomic E-state index is 13.5. The summed E-state index contributed by atoms with van der Waals surface area (Å²) in [6.07, 6.45) is 3.07. The third-order valence-electron chi connectivity index (χ3n) is 7.30. The van der Waals surface area contributed by atoms with Crippen molar-refractivity contribution in [3.8, 4) is 11.3 Å². The molecule has 6 rings (SSSR count). The Labute approximate surface area is 243 Å². The predicted octanol–water partition coefficient (Wildman–Crippen LogP) is 7.83. The quantitative estimate of drug-likeness (QED) is 0.197. The summed E-state index contributed by atoms with van der Waals surface area (Å²) < 4.78 is 3.33. The first kappa shape index (κ1) is 26.7. The van der Waals surface area contributed by atoms with Gasteiger partial charge in [-0.2, -0.15) is 0 Å². The molecule has 41 heavy (non-hydrogen) atoms. The molecule has 6 aromatic rings. The molecule has 2 aromatic heterocycles. The number of aromatic nitrogens is 2. The molecule has 0 fully saturated rings. The van der Waals surface area contributed by atoms with E-state index in [0.29, 0.717) is 18.5 Å². The third-order valence-corrected chi connectivity index (χ3v) is 8.34. The SMILES string of the molecule is Cc1cc(C)cc(CC(=O)C[C@H](Cc2ccccc2)C(=O)Nc2ccc(-c3cn4c(n3)sc3ccccc34)cc2)c1. The van der Waals surface area contributed by atoms with Crippen LogP contribution in [0.15, 0.2) is 103 Å². The van der Waals surface area contributed by atoms with Crippen molar-refractivity contribution in [2.75, 3.05) is 5.32 Å². The number of aryl methyl sites for hydroxylation is 2. The number of nitrogens with one attached hydrogen (secondary N) is 1. The van der Waals surface area contributed by atoms with Crippen molar-refractivity contribution < 1.29 is 9.59 Å². The van der Waals surface area contributed by atoms with Gasteiger partial charge in [0.2, 0.25) is 5.91 Å². The summed E-state index contributed by atoms with van der Waals surface area (Å²) in [6, 6.07) is 32.1. The van der Waals surface area contributed by atoms with E-state index in [-0.39, 0.29) is 18.1 Å². The van der Waals surface area contributed by atoms with Gasteiger partial charge in [0.15, 0.2) is 4.96 Å². The van der Waals surface area contributed by atoms with Crippen molar-refractivity contribution in [3.63, 3.8) is 0 Å². The maximum Gasteiger partial charge on any atom is 0.228 e. The average Bonchev–Trinajstić information content (AvgIpc) is 3.51. The molecule has 1 amide bonds. The lowest BCUT2D eigenvalue weighted by molar-refractivity contribution is -0.125. The number of benzene rings is 4. The van der Waals surface area contributed by atoms with Gasteiger partial charge in [-0.15, -0.1) is 0 Å².